The van der Waals surface area contributed by atoms with Crippen LogP contribution < -0.4 is 0 Å². The van der Waals surface area contributed by atoms with Gasteiger partial charge in [0.05, 0.1) is 0 Å². The second kappa shape index (κ2) is 6.66. The largest absolute Gasteiger partial charge is 0.481 e. The molecule has 0 saturated heterocycles. The Morgan fingerprint density at radius 3 is 2.56 bits per heavy atom. The monoisotopic (exact) mass is 226 g/mol. The van der Waals surface area contributed by atoms with E-state index in [2.05, 4.69) is 6.92 Å². The van der Waals surface area contributed by atoms with Gasteiger partial charge < -0.3 is 5.11 Å². The van der Waals surface area contributed by atoms with Gasteiger partial charge >= 0.3 is 5.97 Å². The molecule has 1 N–H and O–H groups in total. The number of rotatable bonds is 7. The first kappa shape index (κ1) is 13.2. The molecule has 0 aliphatic heterocycles. The molecule has 0 amide bonds. The normalized spacial score (nSPS) is 24.9. The standard InChI is InChI=1S/C13H22O3/c1-10-8-9-12(14)11(10)6-4-2-3-5-7-13(15)16/h10-11H,2-9H2,1H3,(H,15,16)/t10-,11-/m0/s1. The van der Waals surface area contributed by atoms with E-state index in [4.69, 9.17) is 5.11 Å². The molecule has 0 radical (unpaired) electrons. The Hall–Kier alpha value is -0.860. The Morgan fingerprint density at radius 2 is 2.00 bits per heavy atom. The van der Waals surface area contributed by atoms with Gasteiger partial charge in [-0.3, -0.25) is 9.59 Å². The van der Waals surface area contributed by atoms with Crippen LogP contribution in [0.25, 0.3) is 0 Å². The van der Waals surface area contributed by atoms with Crippen LogP contribution in [-0.2, 0) is 9.59 Å². The summed E-state index contributed by atoms with van der Waals surface area (Å²) in [6.07, 6.45) is 6.98. The van der Waals surface area contributed by atoms with E-state index in [1.807, 2.05) is 0 Å². The Morgan fingerprint density at radius 1 is 1.31 bits per heavy atom. The zero-order valence-corrected chi connectivity index (χ0v) is 10.1. The molecule has 0 spiro atoms. The van der Waals surface area contributed by atoms with E-state index in [9.17, 15) is 9.59 Å². The van der Waals surface area contributed by atoms with E-state index in [1.54, 1.807) is 0 Å². The quantitative estimate of drug-likeness (QED) is 0.679. The van der Waals surface area contributed by atoms with Crippen molar-refractivity contribution in [3.8, 4) is 0 Å². The topological polar surface area (TPSA) is 54.4 Å². The average molecular weight is 226 g/mol. The number of carbonyl (C=O) groups excluding carboxylic acids is 1. The molecular formula is C13H22O3. The zero-order valence-electron chi connectivity index (χ0n) is 10.1. The highest BCUT2D eigenvalue weighted by Gasteiger charge is 2.30. The van der Waals surface area contributed by atoms with Crippen molar-refractivity contribution < 1.29 is 14.7 Å². The van der Waals surface area contributed by atoms with E-state index in [-0.39, 0.29) is 6.42 Å². The summed E-state index contributed by atoms with van der Waals surface area (Å²) in [6, 6.07) is 0. The fraction of sp³-hybridized carbons (Fsp3) is 0.846. The number of carboxylic acid groups (broad SMARTS) is 1. The second-order valence-electron chi connectivity index (χ2n) is 4.94. The third-order valence-corrected chi connectivity index (χ3v) is 3.60. The van der Waals surface area contributed by atoms with Gasteiger partial charge in [0.25, 0.3) is 0 Å². The molecule has 0 aromatic rings. The van der Waals surface area contributed by atoms with Crippen molar-refractivity contribution in [3.05, 3.63) is 0 Å². The molecule has 1 fully saturated rings. The van der Waals surface area contributed by atoms with E-state index >= 15 is 0 Å². The van der Waals surface area contributed by atoms with Crippen molar-refractivity contribution in [3.63, 3.8) is 0 Å². The number of hydrogen-bond acceptors (Lipinski definition) is 2. The molecule has 1 rings (SSSR count). The molecule has 1 aliphatic carbocycles. The van der Waals surface area contributed by atoms with Crippen molar-refractivity contribution in [1.82, 2.24) is 0 Å². The number of ketones is 1. The molecule has 0 aromatic carbocycles. The molecule has 1 aliphatic rings. The lowest BCUT2D eigenvalue weighted by Crippen LogP contribution is -2.12. The number of Topliss-reactive ketones (excluding diaryl/α,β-unsaturated/α-hetero) is 1. The number of unbranched alkanes of at least 4 members (excludes halogenated alkanes) is 3. The lowest BCUT2D eigenvalue weighted by Gasteiger charge is -2.13. The SMILES string of the molecule is C[C@H]1CCC(=O)[C@H]1CCCCCCC(=O)O. The van der Waals surface area contributed by atoms with Crippen LogP contribution in [0.3, 0.4) is 0 Å². The third kappa shape index (κ3) is 4.33. The Kier molecular flexibility index (Phi) is 5.50. The number of aliphatic carboxylic acids is 1. The van der Waals surface area contributed by atoms with Gasteiger partial charge in [0.2, 0.25) is 0 Å². The number of carbonyl (C=O) groups is 2. The highest BCUT2D eigenvalue weighted by Crippen LogP contribution is 2.32. The molecule has 92 valence electrons. The maximum Gasteiger partial charge on any atom is 0.303 e. The minimum absolute atomic E-state index is 0.277. The van der Waals surface area contributed by atoms with Crippen LogP contribution in [0.5, 0.6) is 0 Å². The van der Waals surface area contributed by atoms with E-state index in [0.717, 1.165) is 44.9 Å². The van der Waals surface area contributed by atoms with E-state index < -0.39 is 5.97 Å². The first-order valence-corrected chi connectivity index (χ1v) is 6.35. The van der Waals surface area contributed by atoms with Crippen LogP contribution in [0.1, 0.15) is 58.3 Å². The minimum atomic E-state index is -0.709. The molecule has 16 heavy (non-hydrogen) atoms. The highest BCUT2D eigenvalue weighted by molar-refractivity contribution is 5.83. The Bertz CT molecular complexity index is 248. The van der Waals surface area contributed by atoms with Gasteiger partial charge in [-0.15, -0.1) is 0 Å². The lowest BCUT2D eigenvalue weighted by atomic mass is 9.91. The van der Waals surface area contributed by atoms with E-state index in [1.165, 1.54) is 0 Å². The molecule has 1 saturated carbocycles. The summed E-state index contributed by atoms with van der Waals surface area (Å²) < 4.78 is 0. The summed E-state index contributed by atoms with van der Waals surface area (Å²) in [7, 11) is 0. The average Bonchev–Trinajstić information content (AvgIpc) is 2.53. The summed E-state index contributed by atoms with van der Waals surface area (Å²) in [4.78, 5) is 21.8. The van der Waals surface area contributed by atoms with Crippen LogP contribution >= 0.6 is 0 Å². The lowest BCUT2D eigenvalue weighted by molar-refractivity contribution is -0.137. The summed E-state index contributed by atoms with van der Waals surface area (Å²) in [5.41, 5.74) is 0. The molecule has 0 unspecified atom stereocenters. The van der Waals surface area contributed by atoms with Crippen LogP contribution in [0.4, 0.5) is 0 Å². The predicted molar refractivity (Wildman–Crippen MR) is 62.2 cm³/mol. The van der Waals surface area contributed by atoms with Crippen LogP contribution in [0, 0.1) is 11.8 Å². The van der Waals surface area contributed by atoms with Gasteiger partial charge in [0, 0.05) is 18.8 Å². The van der Waals surface area contributed by atoms with E-state index in [0.29, 0.717) is 17.6 Å². The van der Waals surface area contributed by atoms with Crippen molar-refractivity contribution >= 4 is 11.8 Å². The van der Waals surface area contributed by atoms with Gasteiger partial charge in [-0.05, 0) is 25.2 Å². The van der Waals surface area contributed by atoms with Crippen molar-refractivity contribution in [2.75, 3.05) is 0 Å². The van der Waals surface area contributed by atoms with Crippen LogP contribution in [0.2, 0.25) is 0 Å². The van der Waals surface area contributed by atoms with Crippen molar-refractivity contribution in [2.45, 2.75) is 58.3 Å². The number of hydrogen-bond donors (Lipinski definition) is 1. The second-order valence-corrected chi connectivity index (χ2v) is 4.94. The van der Waals surface area contributed by atoms with Crippen molar-refractivity contribution in [1.29, 1.82) is 0 Å². The molecule has 2 atom stereocenters. The molecule has 3 nitrogen and oxygen atoms in total. The highest BCUT2D eigenvalue weighted by atomic mass is 16.4. The third-order valence-electron chi connectivity index (χ3n) is 3.60. The Labute approximate surface area is 97.2 Å². The van der Waals surface area contributed by atoms with Crippen LogP contribution in [0.15, 0.2) is 0 Å². The fourth-order valence-corrected chi connectivity index (χ4v) is 2.51. The molecular weight excluding hydrogens is 204 g/mol. The fourth-order valence-electron chi connectivity index (χ4n) is 2.51. The summed E-state index contributed by atoms with van der Waals surface area (Å²) in [6.45, 7) is 2.17. The van der Waals surface area contributed by atoms with Gasteiger partial charge in [0.15, 0.2) is 0 Å². The maximum atomic E-state index is 11.5. The zero-order chi connectivity index (χ0) is 12.0. The van der Waals surface area contributed by atoms with Gasteiger partial charge in [0.1, 0.15) is 5.78 Å². The summed E-state index contributed by atoms with van der Waals surface area (Å²) >= 11 is 0. The van der Waals surface area contributed by atoms with Gasteiger partial charge in [-0.1, -0.05) is 26.2 Å². The number of carboxylic acids is 1. The van der Waals surface area contributed by atoms with Crippen LogP contribution in [-0.4, -0.2) is 16.9 Å². The first-order valence-electron chi connectivity index (χ1n) is 6.35. The molecule has 0 aromatic heterocycles. The maximum absolute atomic E-state index is 11.5. The summed E-state index contributed by atoms with van der Waals surface area (Å²) in [5, 5.41) is 8.47. The Balaban J connectivity index is 2.02. The van der Waals surface area contributed by atoms with Gasteiger partial charge in [-0.25, -0.2) is 0 Å². The molecule has 0 bridgehead atoms. The van der Waals surface area contributed by atoms with Crippen molar-refractivity contribution in [2.24, 2.45) is 11.8 Å². The minimum Gasteiger partial charge on any atom is -0.481 e. The summed E-state index contributed by atoms with van der Waals surface area (Å²) in [5.74, 6) is 0.587. The smallest absolute Gasteiger partial charge is 0.303 e. The predicted octanol–water partition coefficient (Wildman–Crippen LogP) is 3.03. The van der Waals surface area contributed by atoms with Gasteiger partial charge in [-0.2, -0.15) is 0 Å². The first-order chi connectivity index (χ1) is 7.61. The molecule has 3 heteroatoms. The molecule has 0 heterocycles.